The van der Waals surface area contributed by atoms with E-state index in [0.717, 1.165) is 11.3 Å². The Morgan fingerprint density at radius 2 is 1.93 bits per heavy atom. The number of carbonyl (C=O) groups excluding carboxylic acids is 2. The minimum absolute atomic E-state index is 0.146. The summed E-state index contributed by atoms with van der Waals surface area (Å²) < 4.78 is 5.62. The maximum atomic E-state index is 12.5. The Morgan fingerprint density at radius 3 is 2.75 bits per heavy atom. The van der Waals surface area contributed by atoms with Crippen LogP contribution in [0.4, 0.5) is 10.8 Å². The zero-order valence-corrected chi connectivity index (χ0v) is 16.1. The summed E-state index contributed by atoms with van der Waals surface area (Å²) in [4.78, 5) is 30.9. The first-order valence-corrected chi connectivity index (χ1v) is 9.87. The number of nitrogens with zero attached hydrogens (tertiary/aromatic N) is 2. The molecule has 0 aliphatic carbocycles. The number of hydrogen-bond donors (Lipinski definition) is 1. The van der Waals surface area contributed by atoms with Crippen molar-refractivity contribution in [3.05, 3.63) is 60.0 Å². The molecule has 28 heavy (non-hydrogen) atoms. The van der Waals surface area contributed by atoms with E-state index in [1.165, 1.54) is 11.3 Å². The molecule has 6 nitrogen and oxygen atoms in total. The maximum absolute atomic E-state index is 12.5. The molecule has 0 saturated heterocycles. The van der Waals surface area contributed by atoms with Gasteiger partial charge in [0.25, 0.3) is 5.91 Å². The van der Waals surface area contributed by atoms with Crippen LogP contribution in [0.1, 0.15) is 13.3 Å². The third-order valence-electron chi connectivity index (χ3n) is 4.46. The fourth-order valence-corrected chi connectivity index (χ4v) is 3.79. The standard InChI is InChI=1S/C21H19N3O3S/c1-14-20(26)24(17-9-5-6-10-18(17)27-14)12-11-19(25)23-21-22-16(13-28-21)15-7-3-2-4-8-15/h2-10,13-14H,11-12H2,1H3,(H,22,23,25)/t14-/m1/s1. The van der Waals surface area contributed by atoms with Gasteiger partial charge in [0.15, 0.2) is 11.2 Å². The molecule has 7 heteroatoms. The van der Waals surface area contributed by atoms with Gasteiger partial charge in [-0.25, -0.2) is 4.98 Å². The molecule has 0 spiro atoms. The number of hydrogen-bond acceptors (Lipinski definition) is 5. The van der Waals surface area contributed by atoms with Crippen molar-refractivity contribution in [1.29, 1.82) is 0 Å². The van der Waals surface area contributed by atoms with Gasteiger partial charge in [0.1, 0.15) is 5.75 Å². The van der Waals surface area contributed by atoms with Crippen LogP contribution >= 0.6 is 11.3 Å². The topological polar surface area (TPSA) is 71.5 Å². The van der Waals surface area contributed by atoms with Crippen molar-refractivity contribution in [2.24, 2.45) is 0 Å². The molecule has 2 amide bonds. The van der Waals surface area contributed by atoms with Gasteiger partial charge in [0, 0.05) is 23.9 Å². The van der Waals surface area contributed by atoms with E-state index < -0.39 is 6.10 Å². The summed E-state index contributed by atoms with van der Waals surface area (Å²) in [5.41, 5.74) is 2.52. The first kappa shape index (κ1) is 18.2. The molecule has 2 aromatic carbocycles. The van der Waals surface area contributed by atoms with Crippen molar-refractivity contribution in [3.8, 4) is 17.0 Å². The largest absolute Gasteiger partial charge is 0.479 e. The zero-order chi connectivity index (χ0) is 19.5. The Kier molecular flexibility index (Phi) is 5.08. The third-order valence-corrected chi connectivity index (χ3v) is 5.21. The van der Waals surface area contributed by atoms with Crippen LogP contribution in [-0.2, 0) is 9.59 Å². The van der Waals surface area contributed by atoms with Crippen LogP contribution in [0.2, 0.25) is 0 Å². The van der Waals surface area contributed by atoms with E-state index in [9.17, 15) is 9.59 Å². The quantitative estimate of drug-likeness (QED) is 0.712. The number of fused-ring (bicyclic) bond motifs is 1. The fraction of sp³-hybridized carbons (Fsp3) is 0.190. The lowest BCUT2D eigenvalue weighted by Crippen LogP contribution is -2.45. The van der Waals surface area contributed by atoms with Crippen molar-refractivity contribution in [1.82, 2.24) is 4.98 Å². The van der Waals surface area contributed by atoms with E-state index in [1.54, 1.807) is 11.8 Å². The lowest BCUT2D eigenvalue weighted by molar-refractivity contribution is -0.125. The number of nitrogens with one attached hydrogen (secondary N) is 1. The second-order valence-electron chi connectivity index (χ2n) is 6.42. The normalized spacial score (nSPS) is 15.7. The van der Waals surface area contributed by atoms with E-state index in [2.05, 4.69) is 10.3 Å². The minimum Gasteiger partial charge on any atom is -0.479 e. The summed E-state index contributed by atoms with van der Waals surface area (Å²) >= 11 is 1.38. The molecule has 1 aliphatic rings. The molecule has 1 atom stereocenters. The molecule has 0 radical (unpaired) electrons. The van der Waals surface area contributed by atoms with E-state index in [-0.39, 0.29) is 24.8 Å². The molecule has 0 bridgehead atoms. The Hall–Kier alpha value is -3.19. The highest BCUT2D eigenvalue weighted by molar-refractivity contribution is 7.14. The van der Waals surface area contributed by atoms with Crippen molar-refractivity contribution in [2.45, 2.75) is 19.4 Å². The van der Waals surface area contributed by atoms with Crippen LogP contribution in [0.3, 0.4) is 0 Å². The maximum Gasteiger partial charge on any atom is 0.267 e. The van der Waals surface area contributed by atoms with Gasteiger partial charge in [-0.2, -0.15) is 0 Å². The van der Waals surface area contributed by atoms with Gasteiger partial charge in [-0.3, -0.25) is 9.59 Å². The highest BCUT2D eigenvalue weighted by Crippen LogP contribution is 2.33. The van der Waals surface area contributed by atoms with Crippen LogP contribution in [-0.4, -0.2) is 29.4 Å². The lowest BCUT2D eigenvalue weighted by Gasteiger charge is -2.32. The summed E-state index contributed by atoms with van der Waals surface area (Å²) in [7, 11) is 0. The van der Waals surface area contributed by atoms with Gasteiger partial charge in [-0.05, 0) is 19.1 Å². The van der Waals surface area contributed by atoms with Gasteiger partial charge in [-0.15, -0.1) is 11.3 Å². The van der Waals surface area contributed by atoms with E-state index in [4.69, 9.17) is 4.74 Å². The summed E-state index contributed by atoms with van der Waals surface area (Å²) in [5, 5.41) is 5.28. The zero-order valence-electron chi connectivity index (χ0n) is 15.3. The molecule has 0 unspecified atom stereocenters. The van der Waals surface area contributed by atoms with Crippen LogP contribution in [0, 0.1) is 0 Å². The van der Waals surface area contributed by atoms with Gasteiger partial charge < -0.3 is 15.0 Å². The molecule has 3 aromatic rings. The monoisotopic (exact) mass is 393 g/mol. The predicted octanol–water partition coefficient (Wildman–Crippen LogP) is 3.95. The van der Waals surface area contributed by atoms with Crippen molar-refractivity contribution in [3.63, 3.8) is 0 Å². The molecule has 142 valence electrons. The molecule has 1 aromatic heterocycles. The number of amides is 2. The second kappa shape index (κ2) is 7.82. The number of carbonyl (C=O) groups is 2. The SMILES string of the molecule is C[C@H]1Oc2ccccc2N(CCC(=O)Nc2nc(-c3ccccc3)cs2)C1=O. The number of para-hydroxylation sites is 2. The third kappa shape index (κ3) is 3.75. The molecule has 0 fully saturated rings. The number of anilines is 2. The van der Waals surface area contributed by atoms with E-state index >= 15 is 0 Å². The highest BCUT2D eigenvalue weighted by Gasteiger charge is 2.31. The highest BCUT2D eigenvalue weighted by atomic mass is 32.1. The van der Waals surface area contributed by atoms with Crippen LogP contribution in [0.15, 0.2) is 60.0 Å². The number of aromatic nitrogens is 1. The number of rotatable bonds is 5. The smallest absolute Gasteiger partial charge is 0.267 e. The van der Waals surface area contributed by atoms with E-state index in [0.29, 0.717) is 16.6 Å². The van der Waals surface area contributed by atoms with Gasteiger partial charge in [0.2, 0.25) is 5.91 Å². The molecular formula is C21H19N3O3S. The molecule has 0 saturated carbocycles. The van der Waals surface area contributed by atoms with Crippen LogP contribution in [0.25, 0.3) is 11.3 Å². The molecule has 4 rings (SSSR count). The molecule has 2 heterocycles. The average molecular weight is 393 g/mol. The summed E-state index contributed by atoms with van der Waals surface area (Å²) in [6.45, 7) is 2.00. The van der Waals surface area contributed by atoms with Crippen molar-refractivity contribution < 1.29 is 14.3 Å². The summed E-state index contributed by atoms with van der Waals surface area (Å²) in [6.07, 6.45) is -0.391. The van der Waals surface area contributed by atoms with E-state index in [1.807, 2.05) is 60.0 Å². The van der Waals surface area contributed by atoms with Gasteiger partial charge in [-0.1, -0.05) is 42.5 Å². The summed E-state index contributed by atoms with van der Waals surface area (Å²) in [6, 6.07) is 17.2. The van der Waals surface area contributed by atoms with Crippen LogP contribution < -0.4 is 15.0 Å². The molecule has 1 N–H and O–H groups in total. The Morgan fingerprint density at radius 1 is 1.18 bits per heavy atom. The van der Waals surface area contributed by atoms with Crippen molar-refractivity contribution >= 4 is 34.0 Å². The number of ether oxygens (including phenoxy) is 1. The minimum atomic E-state index is -0.564. The molecule has 1 aliphatic heterocycles. The summed E-state index contributed by atoms with van der Waals surface area (Å²) in [5.74, 6) is 0.327. The first-order chi connectivity index (χ1) is 13.6. The second-order valence-corrected chi connectivity index (χ2v) is 7.28. The van der Waals surface area contributed by atoms with Gasteiger partial charge >= 0.3 is 0 Å². The first-order valence-electron chi connectivity index (χ1n) is 8.99. The number of thiazole rings is 1. The lowest BCUT2D eigenvalue weighted by atomic mass is 10.1. The van der Waals surface area contributed by atoms with Crippen LogP contribution in [0.5, 0.6) is 5.75 Å². The van der Waals surface area contributed by atoms with Crippen molar-refractivity contribution in [2.75, 3.05) is 16.8 Å². The Labute approximate surface area is 166 Å². The fourth-order valence-electron chi connectivity index (χ4n) is 3.06. The molecular weight excluding hydrogens is 374 g/mol. The Bertz CT molecular complexity index is 1000. The van der Waals surface area contributed by atoms with Gasteiger partial charge in [0.05, 0.1) is 11.4 Å². The predicted molar refractivity (Wildman–Crippen MR) is 110 cm³/mol. The Balaban J connectivity index is 1.40. The average Bonchev–Trinajstić information content (AvgIpc) is 3.17. The number of benzene rings is 2.